The van der Waals surface area contributed by atoms with Crippen LogP contribution < -0.4 is 4.74 Å². The zero-order chi connectivity index (χ0) is 15.1. The van der Waals surface area contributed by atoms with Crippen LogP contribution in [0.5, 0.6) is 5.75 Å². The van der Waals surface area contributed by atoms with Gasteiger partial charge in [-0.25, -0.2) is 0 Å². The molecule has 0 aliphatic rings. The second-order valence-corrected chi connectivity index (χ2v) is 5.33. The molecule has 0 spiro atoms. The van der Waals surface area contributed by atoms with Crippen LogP contribution in [0.2, 0.25) is 5.02 Å². The van der Waals surface area contributed by atoms with Gasteiger partial charge in [-0.15, -0.1) is 0 Å². The van der Waals surface area contributed by atoms with Gasteiger partial charge in [0.15, 0.2) is 0 Å². The Kier molecular flexibility index (Phi) is 5.64. The molecule has 2 aromatic rings. The largest absolute Gasteiger partial charge is 0.489 e. The monoisotopic (exact) mass is 303 g/mol. The summed E-state index contributed by atoms with van der Waals surface area (Å²) in [5.74, 6) is 0.825. The van der Waals surface area contributed by atoms with E-state index in [1.807, 2.05) is 55.5 Å². The van der Waals surface area contributed by atoms with Crippen molar-refractivity contribution in [3.05, 3.63) is 64.7 Å². The first-order valence-corrected chi connectivity index (χ1v) is 7.19. The highest BCUT2D eigenvalue weighted by Gasteiger charge is 1.99. The molecule has 2 aromatic carbocycles. The van der Waals surface area contributed by atoms with Crippen molar-refractivity contribution in [3.63, 3.8) is 0 Å². The van der Waals surface area contributed by atoms with Gasteiger partial charge in [-0.2, -0.15) is 0 Å². The Labute approximate surface area is 129 Å². The van der Waals surface area contributed by atoms with Crippen molar-refractivity contribution in [1.82, 2.24) is 0 Å². The maximum atomic E-state index is 8.61. The molecular formula is C17H18ClNO2. The van der Waals surface area contributed by atoms with E-state index < -0.39 is 0 Å². The van der Waals surface area contributed by atoms with Crippen molar-refractivity contribution in [2.75, 3.05) is 0 Å². The van der Waals surface area contributed by atoms with Crippen molar-refractivity contribution < 1.29 is 9.94 Å². The lowest BCUT2D eigenvalue weighted by atomic mass is 10.1. The zero-order valence-electron chi connectivity index (χ0n) is 11.9. The first kappa shape index (κ1) is 15.4. The Morgan fingerprint density at radius 3 is 2.57 bits per heavy atom. The maximum absolute atomic E-state index is 8.61. The summed E-state index contributed by atoms with van der Waals surface area (Å²) in [6.45, 7) is 2.30. The van der Waals surface area contributed by atoms with Crippen LogP contribution in [0.15, 0.2) is 53.7 Å². The number of hydrogen-bond acceptors (Lipinski definition) is 3. The molecule has 21 heavy (non-hydrogen) atoms. The Morgan fingerprint density at radius 1 is 1.14 bits per heavy atom. The standard InChI is InChI=1S/C17H18ClNO2/c1-13(19-20)5-6-14-7-9-17(10-8-14)21-12-15-3-2-4-16(18)11-15/h2-4,7-11,20H,5-6,12H2,1H3/b19-13+. The quantitative estimate of drug-likeness (QED) is 0.477. The Balaban J connectivity index is 1.87. The first-order valence-electron chi connectivity index (χ1n) is 6.81. The molecule has 0 saturated carbocycles. The third-order valence-corrected chi connectivity index (χ3v) is 3.40. The van der Waals surface area contributed by atoms with E-state index in [1.165, 1.54) is 5.56 Å². The van der Waals surface area contributed by atoms with E-state index in [0.29, 0.717) is 11.6 Å². The summed E-state index contributed by atoms with van der Waals surface area (Å²) in [5, 5.41) is 12.5. The normalized spacial score (nSPS) is 11.4. The van der Waals surface area contributed by atoms with Crippen LogP contribution in [0.25, 0.3) is 0 Å². The van der Waals surface area contributed by atoms with Crippen LogP contribution in [-0.4, -0.2) is 10.9 Å². The lowest BCUT2D eigenvalue weighted by Crippen LogP contribution is -1.97. The topological polar surface area (TPSA) is 41.8 Å². The van der Waals surface area contributed by atoms with Crippen LogP contribution in [0.3, 0.4) is 0 Å². The number of ether oxygens (including phenoxy) is 1. The molecule has 0 bridgehead atoms. The smallest absolute Gasteiger partial charge is 0.119 e. The predicted octanol–water partition coefficient (Wildman–Crippen LogP) is 4.70. The summed E-state index contributed by atoms with van der Waals surface area (Å²) >= 11 is 5.94. The molecule has 0 radical (unpaired) electrons. The second kappa shape index (κ2) is 7.70. The Hall–Kier alpha value is -2.00. The number of benzene rings is 2. The van der Waals surface area contributed by atoms with E-state index >= 15 is 0 Å². The molecule has 3 nitrogen and oxygen atoms in total. The number of halogens is 1. The summed E-state index contributed by atoms with van der Waals surface area (Å²) in [7, 11) is 0. The predicted molar refractivity (Wildman–Crippen MR) is 85.4 cm³/mol. The van der Waals surface area contributed by atoms with Gasteiger partial charge in [0.25, 0.3) is 0 Å². The Morgan fingerprint density at radius 2 is 1.90 bits per heavy atom. The van der Waals surface area contributed by atoms with Crippen LogP contribution in [-0.2, 0) is 13.0 Å². The molecule has 4 heteroatoms. The molecule has 0 aliphatic carbocycles. The summed E-state index contributed by atoms with van der Waals surface area (Å²) in [6, 6.07) is 15.6. The number of rotatable bonds is 6. The minimum Gasteiger partial charge on any atom is -0.489 e. The van der Waals surface area contributed by atoms with Gasteiger partial charge < -0.3 is 9.94 Å². The third-order valence-electron chi connectivity index (χ3n) is 3.16. The average Bonchev–Trinajstić information content (AvgIpc) is 2.51. The minimum absolute atomic E-state index is 0.496. The number of nitrogens with zero attached hydrogens (tertiary/aromatic N) is 1. The van der Waals surface area contributed by atoms with Gasteiger partial charge in [0.05, 0.1) is 5.71 Å². The fraction of sp³-hybridized carbons (Fsp3) is 0.235. The van der Waals surface area contributed by atoms with E-state index in [0.717, 1.165) is 29.9 Å². The molecule has 1 N–H and O–H groups in total. The summed E-state index contributed by atoms with van der Waals surface area (Å²) < 4.78 is 5.73. The Bertz CT molecular complexity index is 608. The zero-order valence-corrected chi connectivity index (χ0v) is 12.7. The summed E-state index contributed by atoms with van der Waals surface area (Å²) in [5.41, 5.74) is 2.96. The number of oxime groups is 1. The van der Waals surface area contributed by atoms with E-state index in [4.69, 9.17) is 21.5 Å². The average molecular weight is 304 g/mol. The lowest BCUT2D eigenvalue weighted by molar-refractivity contribution is 0.306. The highest BCUT2D eigenvalue weighted by atomic mass is 35.5. The fourth-order valence-electron chi connectivity index (χ4n) is 1.92. The van der Waals surface area contributed by atoms with Crippen molar-refractivity contribution >= 4 is 17.3 Å². The molecule has 110 valence electrons. The molecule has 0 amide bonds. The molecule has 2 rings (SSSR count). The molecule has 0 aliphatic heterocycles. The van der Waals surface area contributed by atoms with Gasteiger partial charge in [0, 0.05) is 5.02 Å². The number of aryl methyl sites for hydroxylation is 1. The van der Waals surface area contributed by atoms with E-state index in [-0.39, 0.29) is 0 Å². The first-order chi connectivity index (χ1) is 10.2. The van der Waals surface area contributed by atoms with Crippen LogP contribution in [0.1, 0.15) is 24.5 Å². The van der Waals surface area contributed by atoms with Crippen LogP contribution in [0, 0.1) is 0 Å². The van der Waals surface area contributed by atoms with Gasteiger partial charge >= 0.3 is 0 Å². The molecule has 0 saturated heterocycles. The van der Waals surface area contributed by atoms with Crippen LogP contribution in [0.4, 0.5) is 0 Å². The van der Waals surface area contributed by atoms with E-state index in [1.54, 1.807) is 0 Å². The summed E-state index contributed by atoms with van der Waals surface area (Å²) in [4.78, 5) is 0. The SMILES string of the molecule is C/C(CCc1ccc(OCc2cccc(Cl)c2)cc1)=N\O. The van der Waals surface area contributed by atoms with E-state index in [9.17, 15) is 0 Å². The minimum atomic E-state index is 0.496. The van der Waals surface area contributed by atoms with Gasteiger partial charge in [-0.3, -0.25) is 0 Å². The van der Waals surface area contributed by atoms with Crippen molar-refractivity contribution in [2.45, 2.75) is 26.4 Å². The molecular weight excluding hydrogens is 286 g/mol. The summed E-state index contributed by atoms with van der Waals surface area (Å²) in [6.07, 6.45) is 1.60. The van der Waals surface area contributed by atoms with Gasteiger partial charge in [0.1, 0.15) is 12.4 Å². The van der Waals surface area contributed by atoms with Gasteiger partial charge in [-0.1, -0.05) is 41.0 Å². The van der Waals surface area contributed by atoms with Crippen molar-refractivity contribution in [1.29, 1.82) is 0 Å². The van der Waals surface area contributed by atoms with Crippen molar-refractivity contribution in [3.8, 4) is 5.75 Å². The lowest BCUT2D eigenvalue weighted by Gasteiger charge is -2.07. The highest BCUT2D eigenvalue weighted by molar-refractivity contribution is 6.30. The van der Waals surface area contributed by atoms with Gasteiger partial charge in [0.2, 0.25) is 0 Å². The molecule has 0 unspecified atom stereocenters. The molecule has 0 aromatic heterocycles. The van der Waals surface area contributed by atoms with Crippen molar-refractivity contribution in [2.24, 2.45) is 5.16 Å². The third kappa shape index (κ3) is 5.12. The van der Waals surface area contributed by atoms with Gasteiger partial charge in [-0.05, 0) is 55.2 Å². The molecule has 0 fully saturated rings. The molecule has 0 atom stereocenters. The number of hydrogen-bond donors (Lipinski definition) is 1. The van der Waals surface area contributed by atoms with E-state index in [2.05, 4.69) is 5.16 Å². The second-order valence-electron chi connectivity index (χ2n) is 4.90. The fourth-order valence-corrected chi connectivity index (χ4v) is 2.13. The van der Waals surface area contributed by atoms with Crippen LogP contribution >= 0.6 is 11.6 Å². The maximum Gasteiger partial charge on any atom is 0.119 e. The molecule has 0 heterocycles. The highest BCUT2D eigenvalue weighted by Crippen LogP contribution is 2.17.